The Hall–Kier alpha value is -1.86. The first-order valence-electron chi connectivity index (χ1n) is 3.74. The van der Waals surface area contributed by atoms with Gasteiger partial charge in [0.25, 0.3) is 0 Å². The van der Waals surface area contributed by atoms with Gasteiger partial charge >= 0.3 is 6.03 Å². The van der Waals surface area contributed by atoms with Crippen molar-refractivity contribution in [2.75, 3.05) is 12.1 Å². The van der Waals surface area contributed by atoms with Gasteiger partial charge in [-0.05, 0) is 6.07 Å². The zero-order chi connectivity index (χ0) is 10.6. The summed E-state index contributed by atoms with van der Waals surface area (Å²) in [6.45, 7) is 0. The molecule has 1 aromatic heterocycles. The minimum atomic E-state index is -0.628. The molecule has 0 aromatic carbocycles. The van der Waals surface area contributed by atoms with Crippen molar-refractivity contribution in [2.45, 2.75) is 0 Å². The maximum Gasteiger partial charge on any atom is 0.350 e. The van der Waals surface area contributed by atoms with Crippen molar-refractivity contribution in [3.8, 4) is 5.88 Å². The van der Waals surface area contributed by atoms with E-state index in [4.69, 9.17) is 16.4 Å². The van der Waals surface area contributed by atoms with Gasteiger partial charge in [0.2, 0.25) is 5.88 Å². The summed E-state index contributed by atoms with van der Waals surface area (Å²) in [5.41, 5.74) is 2.31. The highest BCUT2D eigenvalue weighted by Gasteiger charge is 2.09. The highest BCUT2D eigenvalue weighted by atomic mass is 16.5. The quantitative estimate of drug-likeness (QED) is 0.332. The van der Waals surface area contributed by atoms with E-state index in [1.165, 1.54) is 13.3 Å². The summed E-state index contributed by atoms with van der Waals surface area (Å²) in [7, 11) is 1.49. The van der Waals surface area contributed by atoms with E-state index in [0.717, 1.165) is 5.01 Å². The lowest BCUT2D eigenvalue weighted by molar-refractivity contribution is 0.246. The van der Waals surface area contributed by atoms with E-state index in [9.17, 15) is 4.79 Å². The SMILES string of the molecule is COc1ccc(N(N)C(=O)NN)cn1. The second kappa shape index (κ2) is 4.40. The van der Waals surface area contributed by atoms with E-state index >= 15 is 0 Å². The summed E-state index contributed by atoms with van der Waals surface area (Å²) in [5.74, 6) is 10.7. The Balaban J connectivity index is 2.81. The maximum absolute atomic E-state index is 11.0. The normalized spacial score (nSPS) is 9.36. The number of hydrogen-bond donors (Lipinski definition) is 3. The number of anilines is 1. The molecule has 0 radical (unpaired) electrons. The van der Waals surface area contributed by atoms with Gasteiger partial charge in [-0.15, -0.1) is 0 Å². The number of urea groups is 1. The Morgan fingerprint density at radius 3 is 2.79 bits per heavy atom. The molecule has 0 aliphatic heterocycles. The van der Waals surface area contributed by atoms with Crippen molar-refractivity contribution in [3.05, 3.63) is 18.3 Å². The van der Waals surface area contributed by atoms with E-state index < -0.39 is 6.03 Å². The topological polar surface area (TPSA) is 106 Å². The van der Waals surface area contributed by atoms with Gasteiger partial charge in [-0.2, -0.15) is 0 Å². The highest BCUT2D eigenvalue weighted by Crippen LogP contribution is 2.13. The fraction of sp³-hybridized carbons (Fsp3) is 0.143. The van der Waals surface area contributed by atoms with Gasteiger partial charge in [-0.25, -0.2) is 26.5 Å². The van der Waals surface area contributed by atoms with Crippen LogP contribution in [0.1, 0.15) is 0 Å². The van der Waals surface area contributed by atoms with Gasteiger partial charge in [-0.3, -0.25) is 5.43 Å². The van der Waals surface area contributed by atoms with Gasteiger partial charge in [0, 0.05) is 6.07 Å². The first-order chi connectivity index (χ1) is 6.69. The average molecular weight is 197 g/mol. The van der Waals surface area contributed by atoms with Gasteiger partial charge < -0.3 is 4.74 Å². The zero-order valence-corrected chi connectivity index (χ0v) is 7.60. The Bertz CT molecular complexity index is 312. The summed E-state index contributed by atoms with van der Waals surface area (Å²) in [4.78, 5) is 14.8. The molecule has 5 N–H and O–H groups in total. The number of hydrazine groups is 2. The molecule has 1 heterocycles. The molecule has 0 fully saturated rings. The third-order valence-electron chi connectivity index (χ3n) is 1.55. The van der Waals surface area contributed by atoms with Crippen molar-refractivity contribution >= 4 is 11.7 Å². The second-order valence-electron chi connectivity index (χ2n) is 2.38. The molecule has 1 aromatic rings. The number of nitrogens with one attached hydrogen (secondary N) is 1. The highest BCUT2D eigenvalue weighted by molar-refractivity contribution is 5.89. The third kappa shape index (κ3) is 2.09. The van der Waals surface area contributed by atoms with E-state index in [1.54, 1.807) is 12.1 Å². The summed E-state index contributed by atoms with van der Waals surface area (Å²) in [6.07, 6.45) is 1.40. The largest absolute Gasteiger partial charge is 0.481 e. The molecule has 0 atom stereocenters. The Labute approximate surface area is 80.6 Å². The Morgan fingerprint density at radius 2 is 2.36 bits per heavy atom. The first-order valence-corrected chi connectivity index (χ1v) is 3.74. The molecule has 2 amide bonds. The number of methoxy groups -OCH3 is 1. The third-order valence-corrected chi connectivity index (χ3v) is 1.55. The van der Waals surface area contributed by atoms with Crippen LogP contribution in [0.2, 0.25) is 0 Å². The Morgan fingerprint density at radius 1 is 1.64 bits per heavy atom. The molecule has 0 unspecified atom stereocenters. The van der Waals surface area contributed by atoms with E-state index in [2.05, 4.69) is 4.98 Å². The smallest absolute Gasteiger partial charge is 0.350 e. The number of nitrogens with zero attached hydrogens (tertiary/aromatic N) is 2. The molecular weight excluding hydrogens is 186 g/mol. The van der Waals surface area contributed by atoms with Crippen LogP contribution < -0.4 is 26.9 Å². The van der Waals surface area contributed by atoms with E-state index in [1.807, 2.05) is 5.43 Å². The maximum atomic E-state index is 11.0. The number of aromatic nitrogens is 1. The molecule has 0 saturated carbocycles. The molecule has 0 spiro atoms. The Kier molecular flexibility index (Phi) is 3.21. The lowest BCUT2D eigenvalue weighted by atomic mass is 10.4. The molecule has 0 aliphatic carbocycles. The fourth-order valence-corrected chi connectivity index (χ4v) is 0.823. The van der Waals surface area contributed by atoms with Gasteiger partial charge in [0.05, 0.1) is 19.0 Å². The van der Waals surface area contributed by atoms with Crippen LogP contribution in [-0.4, -0.2) is 18.1 Å². The van der Waals surface area contributed by atoms with E-state index in [-0.39, 0.29) is 0 Å². The van der Waals surface area contributed by atoms with Crippen LogP contribution in [0.15, 0.2) is 18.3 Å². The van der Waals surface area contributed by atoms with Crippen molar-refractivity contribution in [3.63, 3.8) is 0 Å². The summed E-state index contributed by atoms with van der Waals surface area (Å²) in [5, 5.41) is 0.840. The molecule has 0 saturated heterocycles. The van der Waals surface area contributed by atoms with Crippen molar-refractivity contribution in [1.82, 2.24) is 10.4 Å². The summed E-state index contributed by atoms with van der Waals surface area (Å²) in [6, 6.07) is 2.54. The van der Waals surface area contributed by atoms with Crippen LogP contribution in [0.25, 0.3) is 0 Å². The second-order valence-corrected chi connectivity index (χ2v) is 2.38. The van der Waals surface area contributed by atoms with Gasteiger partial charge in [0.15, 0.2) is 0 Å². The lowest BCUT2D eigenvalue weighted by Gasteiger charge is -2.14. The molecule has 1 rings (SSSR count). The summed E-state index contributed by atoms with van der Waals surface area (Å²) < 4.78 is 4.84. The molecule has 7 nitrogen and oxygen atoms in total. The molecule has 0 bridgehead atoms. The number of nitrogens with two attached hydrogens (primary N) is 2. The molecule has 76 valence electrons. The molecule has 14 heavy (non-hydrogen) atoms. The van der Waals surface area contributed by atoms with Gasteiger partial charge in [-0.1, -0.05) is 0 Å². The van der Waals surface area contributed by atoms with Crippen LogP contribution in [0.3, 0.4) is 0 Å². The predicted molar refractivity (Wildman–Crippen MR) is 50.2 cm³/mol. The van der Waals surface area contributed by atoms with Crippen LogP contribution >= 0.6 is 0 Å². The summed E-state index contributed by atoms with van der Waals surface area (Å²) >= 11 is 0. The monoisotopic (exact) mass is 197 g/mol. The van der Waals surface area contributed by atoms with Crippen molar-refractivity contribution in [1.29, 1.82) is 0 Å². The zero-order valence-electron chi connectivity index (χ0n) is 7.60. The average Bonchev–Trinajstić information content (AvgIpc) is 2.27. The standard InChI is InChI=1S/C7H11N5O2/c1-14-6-3-2-5(4-10-6)12(9)7(13)11-8/h2-4H,8-9H2,1H3,(H,11,13). The number of ether oxygens (including phenoxy) is 1. The minimum absolute atomic E-state index is 0.411. The number of carbonyl (C=O) groups excluding carboxylic acids is 1. The number of amides is 2. The number of pyridine rings is 1. The van der Waals surface area contributed by atoms with Crippen LogP contribution in [0.5, 0.6) is 5.88 Å². The number of rotatable bonds is 2. The minimum Gasteiger partial charge on any atom is -0.481 e. The first kappa shape index (κ1) is 10.2. The van der Waals surface area contributed by atoms with Crippen LogP contribution in [-0.2, 0) is 0 Å². The van der Waals surface area contributed by atoms with Crippen molar-refractivity contribution < 1.29 is 9.53 Å². The van der Waals surface area contributed by atoms with Gasteiger partial charge in [0.1, 0.15) is 0 Å². The number of carbonyl (C=O) groups is 1. The van der Waals surface area contributed by atoms with Crippen LogP contribution in [0, 0.1) is 0 Å². The van der Waals surface area contributed by atoms with Crippen LogP contribution in [0.4, 0.5) is 10.5 Å². The van der Waals surface area contributed by atoms with E-state index in [0.29, 0.717) is 11.6 Å². The number of hydrogen-bond acceptors (Lipinski definition) is 5. The fourth-order valence-electron chi connectivity index (χ4n) is 0.823. The molecule has 0 aliphatic rings. The molecular formula is C7H11N5O2. The molecule has 7 heteroatoms. The van der Waals surface area contributed by atoms with Crippen molar-refractivity contribution in [2.24, 2.45) is 11.7 Å². The predicted octanol–water partition coefficient (Wildman–Crippen LogP) is -0.646. The lowest BCUT2D eigenvalue weighted by Crippen LogP contribution is -2.47.